The fourth-order valence-electron chi connectivity index (χ4n) is 2.01. The second-order valence-electron chi connectivity index (χ2n) is 4.71. The fourth-order valence-corrected chi connectivity index (χ4v) is 3.62. The first-order valence-corrected chi connectivity index (χ1v) is 8.20. The van der Waals surface area contributed by atoms with Crippen LogP contribution >= 0.6 is 22.7 Å². The summed E-state index contributed by atoms with van der Waals surface area (Å²) in [5.41, 5.74) is 1.68. The molecule has 3 aromatic rings. The minimum atomic E-state index is -0.427. The SMILES string of the molecule is Cc1cc(F)c(NCc2cc(-c3cccs3)cs2)cc1F. The van der Waals surface area contributed by atoms with E-state index >= 15 is 0 Å². The Morgan fingerprint density at radius 2 is 1.95 bits per heavy atom. The molecule has 0 atom stereocenters. The van der Waals surface area contributed by atoms with Crippen molar-refractivity contribution in [3.63, 3.8) is 0 Å². The van der Waals surface area contributed by atoms with Crippen LogP contribution in [0.3, 0.4) is 0 Å². The van der Waals surface area contributed by atoms with Gasteiger partial charge in [-0.1, -0.05) is 6.07 Å². The maximum absolute atomic E-state index is 13.7. The number of anilines is 1. The quantitative estimate of drug-likeness (QED) is 0.652. The molecule has 21 heavy (non-hydrogen) atoms. The lowest BCUT2D eigenvalue weighted by Crippen LogP contribution is -2.01. The standard InChI is InChI=1S/C16H13F2NS2/c1-10-5-14(18)15(7-13(10)17)19-8-12-6-11(9-21-12)16-3-2-4-20-16/h2-7,9,19H,8H2,1H3. The average molecular weight is 321 g/mol. The lowest BCUT2D eigenvalue weighted by molar-refractivity contribution is 0.594. The maximum atomic E-state index is 13.7. The molecule has 0 unspecified atom stereocenters. The number of nitrogens with one attached hydrogen (secondary N) is 1. The molecule has 3 rings (SSSR count). The van der Waals surface area contributed by atoms with Crippen LogP contribution in [-0.4, -0.2) is 0 Å². The van der Waals surface area contributed by atoms with E-state index in [1.807, 2.05) is 11.4 Å². The predicted molar refractivity (Wildman–Crippen MR) is 86.1 cm³/mol. The highest BCUT2D eigenvalue weighted by Gasteiger charge is 2.08. The minimum absolute atomic E-state index is 0.198. The molecule has 0 radical (unpaired) electrons. The number of benzene rings is 1. The van der Waals surface area contributed by atoms with Crippen LogP contribution in [0.2, 0.25) is 0 Å². The Morgan fingerprint density at radius 3 is 2.71 bits per heavy atom. The average Bonchev–Trinajstić information content (AvgIpc) is 3.11. The molecule has 0 fully saturated rings. The second-order valence-corrected chi connectivity index (χ2v) is 6.66. The van der Waals surface area contributed by atoms with Crippen molar-refractivity contribution in [3.8, 4) is 10.4 Å². The van der Waals surface area contributed by atoms with Crippen molar-refractivity contribution < 1.29 is 8.78 Å². The second kappa shape index (κ2) is 5.95. The van der Waals surface area contributed by atoms with Gasteiger partial charge in [-0.2, -0.15) is 0 Å². The largest absolute Gasteiger partial charge is 0.378 e. The van der Waals surface area contributed by atoms with Crippen molar-refractivity contribution in [1.29, 1.82) is 0 Å². The van der Waals surface area contributed by atoms with E-state index in [2.05, 4.69) is 22.8 Å². The molecule has 1 N–H and O–H groups in total. The summed E-state index contributed by atoms with van der Waals surface area (Å²) < 4.78 is 27.2. The number of halogens is 2. The Balaban J connectivity index is 1.72. The zero-order chi connectivity index (χ0) is 14.8. The van der Waals surface area contributed by atoms with Crippen LogP contribution in [0.1, 0.15) is 10.4 Å². The highest BCUT2D eigenvalue weighted by Crippen LogP contribution is 2.30. The highest BCUT2D eigenvalue weighted by atomic mass is 32.1. The van der Waals surface area contributed by atoms with Gasteiger partial charge in [0.25, 0.3) is 0 Å². The zero-order valence-corrected chi connectivity index (χ0v) is 13.0. The minimum Gasteiger partial charge on any atom is -0.378 e. The summed E-state index contributed by atoms with van der Waals surface area (Å²) in [7, 11) is 0. The third-order valence-corrected chi connectivity index (χ3v) is 5.02. The molecular formula is C16H13F2NS2. The van der Waals surface area contributed by atoms with E-state index in [0.29, 0.717) is 12.1 Å². The smallest absolute Gasteiger partial charge is 0.146 e. The van der Waals surface area contributed by atoms with Gasteiger partial charge in [-0.05, 0) is 41.4 Å². The lowest BCUT2D eigenvalue weighted by Gasteiger charge is -2.07. The van der Waals surface area contributed by atoms with Crippen LogP contribution in [-0.2, 0) is 6.54 Å². The summed E-state index contributed by atoms with van der Waals surface area (Å²) in [5.74, 6) is -0.826. The predicted octanol–water partition coefficient (Wildman–Crippen LogP) is 5.68. The fraction of sp³-hybridized carbons (Fsp3) is 0.125. The third kappa shape index (κ3) is 3.14. The summed E-state index contributed by atoms with van der Waals surface area (Å²) in [6, 6.07) is 8.58. The molecule has 5 heteroatoms. The topological polar surface area (TPSA) is 12.0 Å². The Kier molecular flexibility index (Phi) is 4.03. The summed E-state index contributed by atoms with van der Waals surface area (Å²) in [6.07, 6.45) is 0. The first-order chi connectivity index (χ1) is 10.1. The molecule has 0 aliphatic rings. The zero-order valence-electron chi connectivity index (χ0n) is 11.3. The van der Waals surface area contributed by atoms with E-state index in [0.717, 1.165) is 4.88 Å². The van der Waals surface area contributed by atoms with Crippen molar-refractivity contribution in [3.05, 3.63) is 63.2 Å². The van der Waals surface area contributed by atoms with Gasteiger partial charge in [0.05, 0.1) is 5.69 Å². The van der Waals surface area contributed by atoms with Gasteiger partial charge in [-0.25, -0.2) is 8.78 Å². The lowest BCUT2D eigenvalue weighted by atomic mass is 10.2. The summed E-state index contributed by atoms with van der Waals surface area (Å²) in [4.78, 5) is 2.30. The molecule has 2 aromatic heterocycles. The van der Waals surface area contributed by atoms with Crippen molar-refractivity contribution >= 4 is 28.4 Å². The van der Waals surface area contributed by atoms with E-state index < -0.39 is 11.6 Å². The van der Waals surface area contributed by atoms with Crippen LogP contribution < -0.4 is 5.32 Å². The molecule has 0 bridgehead atoms. The van der Waals surface area contributed by atoms with Gasteiger partial charge in [-0.3, -0.25) is 0 Å². The molecule has 2 heterocycles. The number of thiophene rings is 2. The first kappa shape index (κ1) is 14.2. The monoisotopic (exact) mass is 321 g/mol. The summed E-state index contributed by atoms with van der Waals surface area (Å²) in [6.45, 7) is 2.03. The van der Waals surface area contributed by atoms with Crippen molar-refractivity contribution in [2.75, 3.05) is 5.32 Å². The number of hydrogen-bond acceptors (Lipinski definition) is 3. The van der Waals surface area contributed by atoms with Crippen LogP contribution in [0.4, 0.5) is 14.5 Å². The molecule has 0 spiro atoms. The Labute approximate surface area is 129 Å². The molecule has 108 valence electrons. The Morgan fingerprint density at radius 1 is 1.10 bits per heavy atom. The van der Waals surface area contributed by atoms with Crippen LogP contribution in [0, 0.1) is 18.6 Å². The molecule has 0 aliphatic heterocycles. The summed E-state index contributed by atoms with van der Waals surface area (Å²) >= 11 is 3.29. The van der Waals surface area contributed by atoms with Crippen LogP contribution in [0.5, 0.6) is 0 Å². The molecule has 0 saturated heterocycles. The normalized spacial score (nSPS) is 10.8. The Hall–Kier alpha value is -1.72. The van der Waals surface area contributed by atoms with Gasteiger partial charge in [0, 0.05) is 27.9 Å². The van der Waals surface area contributed by atoms with Crippen LogP contribution in [0.25, 0.3) is 10.4 Å². The van der Waals surface area contributed by atoms with Crippen molar-refractivity contribution in [1.82, 2.24) is 0 Å². The molecule has 0 aliphatic carbocycles. The van der Waals surface area contributed by atoms with E-state index in [9.17, 15) is 8.78 Å². The van der Waals surface area contributed by atoms with Gasteiger partial charge in [0.2, 0.25) is 0 Å². The van der Waals surface area contributed by atoms with Crippen molar-refractivity contribution in [2.45, 2.75) is 13.5 Å². The van der Waals surface area contributed by atoms with E-state index in [1.54, 1.807) is 29.6 Å². The van der Waals surface area contributed by atoms with E-state index in [4.69, 9.17) is 0 Å². The van der Waals surface area contributed by atoms with Crippen molar-refractivity contribution in [2.24, 2.45) is 0 Å². The van der Waals surface area contributed by atoms with E-state index in [-0.39, 0.29) is 5.69 Å². The number of rotatable bonds is 4. The molecular weight excluding hydrogens is 308 g/mol. The van der Waals surface area contributed by atoms with Gasteiger partial charge >= 0.3 is 0 Å². The first-order valence-electron chi connectivity index (χ1n) is 6.44. The van der Waals surface area contributed by atoms with Gasteiger partial charge in [0.1, 0.15) is 11.6 Å². The molecule has 1 nitrogen and oxygen atoms in total. The van der Waals surface area contributed by atoms with Crippen LogP contribution in [0.15, 0.2) is 41.1 Å². The highest BCUT2D eigenvalue weighted by molar-refractivity contribution is 7.14. The summed E-state index contributed by atoms with van der Waals surface area (Å²) in [5, 5.41) is 7.07. The third-order valence-electron chi connectivity index (χ3n) is 3.16. The van der Waals surface area contributed by atoms with Gasteiger partial charge in [0.15, 0.2) is 0 Å². The maximum Gasteiger partial charge on any atom is 0.146 e. The molecule has 0 saturated carbocycles. The molecule has 1 aromatic carbocycles. The molecule has 0 amide bonds. The van der Waals surface area contributed by atoms with Gasteiger partial charge in [-0.15, -0.1) is 22.7 Å². The number of hydrogen-bond donors (Lipinski definition) is 1. The van der Waals surface area contributed by atoms with E-state index in [1.165, 1.54) is 22.6 Å². The van der Waals surface area contributed by atoms with Gasteiger partial charge < -0.3 is 5.32 Å². The Bertz CT molecular complexity index is 748. The number of aryl methyl sites for hydroxylation is 1.